The van der Waals surface area contributed by atoms with E-state index >= 15 is 4.39 Å². The van der Waals surface area contributed by atoms with Crippen molar-refractivity contribution in [3.63, 3.8) is 0 Å². The van der Waals surface area contributed by atoms with Crippen LogP contribution in [0.3, 0.4) is 0 Å². The first kappa shape index (κ1) is 37.1. The van der Waals surface area contributed by atoms with Gasteiger partial charge in [0, 0.05) is 66.7 Å². The molecule has 1 aromatic carbocycles. The molecule has 4 aromatic rings. The molecule has 18 heteroatoms. The second kappa shape index (κ2) is 13.9. The molecule has 3 aromatic heterocycles. The number of pyridine rings is 1. The number of nitrogen functional groups attached to an aromatic ring is 1. The number of likely N-dealkylation sites (tertiary alicyclic amines) is 1. The van der Waals surface area contributed by atoms with Gasteiger partial charge in [-0.05, 0) is 56.7 Å². The predicted molar refractivity (Wildman–Crippen MR) is 190 cm³/mol. The number of rotatable bonds is 5. The topological polar surface area (TPSA) is 122 Å². The van der Waals surface area contributed by atoms with E-state index < -0.39 is 46.7 Å². The number of nitrogens with zero attached hydrogens (tertiary/aromatic N) is 6. The van der Waals surface area contributed by atoms with Crippen LogP contribution in [0.15, 0.2) is 29.5 Å². The van der Waals surface area contributed by atoms with Gasteiger partial charge in [0.05, 0.1) is 29.0 Å². The lowest BCUT2D eigenvalue weighted by Crippen LogP contribution is -2.59. The number of halogens is 7. The molecule has 2 spiro atoms. The summed E-state index contributed by atoms with van der Waals surface area (Å²) in [7, 11) is 1.28. The fraction of sp³-hybridized carbons (Fsp3) is 0.457. The van der Waals surface area contributed by atoms with Crippen LogP contribution < -0.4 is 20.7 Å². The molecule has 4 fully saturated rings. The number of amides is 1. The summed E-state index contributed by atoms with van der Waals surface area (Å²) in [6.07, 6.45) is 2.27. The summed E-state index contributed by atoms with van der Waals surface area (Å²) in [5.74, 6) is -2.77. The summed E-state index contributed by atoms with van der Waals surface area (Å²) < 4.78 is 90.7. The third-order valence-corrected chi connectivity index (χ3v) is 11.4. The molecule has 8 rings (SSSR count). The van der Waals surface area contributed by atoms with E-state index in [-0.39, 0.29) is 50.1 Å². The van der Waals surface area contributed by atoms with Crippen LogP contribution in [0.25, 0.3) is 28.2 Å². The van der Waals surface area contributed by atoms with Crippen LogP contribution in [0.2, 0.25) is 5.02 Å². The van der Waals surface area contributed by atoms with Crippen LogP contribution in [-0.4, -0.2) is 82.3 Å². The number of benzene rings is 1. The summed E-state index contributed by atoms with van der Waals surface area (Å²) >= 11 is 7.68. The van der Waals surface area contributed by atoms with Crippen LogP contribution in [0.4, 0.5) is 38.0 Å². The minimum absolute atomic E-state index is 0.146. The highest BCUT2D eigenvalue weighted by Crippen LogP contribution is 2.47. The Bertz CT molecular complexity index is 2090. The van der Waals surface area contributed by atoms with Crippen molar-refractivity contribution in [3.05, 3.63) is 56.5 Å². The number of nitrogens with two attached hydrogens (primary N) is 1. The number of hydrogen-bond donors (Lipinski definition) is 2. The number of carbonyl (C=O) groups excluding carboxylic acids is 1. The molecule has 6 heterocycles. The first-order chi connectivity index (χ1) is 25.1. The Morgan fingerprint density at radius 1 is 1.17 bits per heavy atom. The van der Waals surface area contributed by atoms with E-state index in [0.29, 0.717) is 44.2 Å². The predicted octanol–water partition coefficient (Wildman–Crippen LogP) is 7.15. The van der Waals surface area contributed by atoms with E-state index in [1.54, 1.807) is 5.38 Å². The maximum atomic E-state index is 16.2. The second-order valence-corrected chi connectivity index (χ2v) is 15.4. The smallest absolute Gasteiger partial charge is 0.418 e. The lowest BCUT2D eigenvalue weighted by atomic mass is 9.76. The van der Waals surface area contributed by atoms with E-state index in [1.807, 2.05) is 4.90 Å². The highest BCUT2D eigenvalue weighted by molar-refractivity contribution is 7.10. The van der Waals surface area contributed by atoms with Gasteiger partial charge < -0.3 is 25.6 Å². The van der Waals surface area contributed by atoms with Gasteiger partial charge in [-0.15, -0.1) is 11.3 Å². The Hall–Kier alpha value is -4.22. The lowest BCUT2D eigenvalue weighted by Gasteiger charge is -2.47. The van der Waals surface area contributed by atoms with E-state index in [1.165, 1.54) is 61.8 Å². The zero-order chi connectivity index (χ0) is 37.9. The zero-order valence-corrected chi connectivity index (χ0v) is 30.2. The summed E-state index contributed by atoms with van der Waals surface area (Å²) in [5, 5.41) is 5.11. The van der Waals surface area contributed by atoms with Crippen LogP contribution in [0.5, 0.6) is 6.01 Å². The molecule has 4 aliphatic rings. The summed E-state index contributed by atoms with van der Waals surface area (Å²) in [6, 6.07) is 2.13. The molecule has 10 nitrogen and oxygen atoms in total. The number of anilines is 2. The van der Waals surface area contributed by atoms with E-state index in [9.17, 15) is 26.7 Å². The number of fused-ring (bicyclic) bond motifs is 1. The number of ether oxygens (including phenoxy) is 1. The van der Waals surface area contributed by atoms with Crippen molar-refractivity contribution in [2.75, 3.05) is 50.5 Å². The van der Waals surface area contributed by atoms with Gasteiger partial charge in [0.1, 0.15) is 28.3 Å². The van der Waals surface area contributed by atoms with Gasteiger partial charge in [-0.3, -0.25) is 4.79 Å². The second-order valence-electron chi connectivity index (χ2n) is 14.1. The van der Waals surface area contributed by atoms with Crippen molar-refractivity contribution in [1.82, 2.24) is 30.2 Å². The zero-order valence-electron chi connectivity index (χ0n) is 28.7. The summed E-state index contributed by atoms with van der Waals surface area (Å²) in [4.78, 5) is 32.2. The van der Waals surface area contributed by atoms with Crippen molar-refractivity contribution >= 4 is 57.5 Å². The number of methoxy groups -OCH3 is 1. The van der Waals surface area contributed by atoms with Gasteiger partial charge in [-0.1, -0.05) is 11.6 Å². The molecule has 1 aliphatic carbocycles. The number of aromatic nitrogens is 4. The standard InChI is InChI=1S/C28H23ClF5N7O2S.C7H12FN/c1-13-7-17(35)37-23(20(13)28(32,33)34)19-15(29)8-14-22(21(19)31)38-26(43-2)39-24(14)40-5-3-27(10-40)11-41(12-27)25(42)16(30)9-18-36-4-6-44-18;8-6-4-7(9-5-6)2-1-3-7/h4,6-9H,3,5,10-12H2,1-2H3,(H2,35,37);6,9H,1-5H2/b16-9-;. The van der Waals surface area contributed by atoms with Crippen LogP contribution in [-0.2, 0) is 11.0 Å². The molecule has 3 N–H and O–H groups in total. The molecule has 1 saturated carbocycles. The molecule has 1 unspecified atom stereocenters. The molecule has 1 amide bonds. The van der Waals surface area contributed by atoms with Crippen molar-refractivity contribution < 1.29 is 35.9 Å². The highest BCUT2D eigenvalue weighted by Gasteiger charge is 2.50. The van der Waals surface area contributed by atoms with E-state index in [0.717, 1.165) is 18.6 Å². The van der Waals surface area contributed by atoms with Crippen LogP contribution in [0, 0.1) is 18.2 Å². The molecular weight excluding hydrogens is 746 g/mol. The van der Waals surface area contributed by atoms with Crippen molar-refractivity contribution in [1.29, 1.82) is 0 Å². The van der Waals surface area contributed by atoms with E-state index in [2.05, 4.69) is 25.3 Å². The number of aryl methyl sites for hydroxylation is 1. The van der Waals surface area contributed by atoms with Crippen molar-refractivity contribution in [3.8, 4) is 17.3 Å². The monoisotopic (exact) mass is 780 g/mol. The molecule has 3 aliphatic heterocycles. The van der Waals surface area contributed by atoms with Gasteiger partial charge >= 0.3 is 12.2 Å². The van der Waals surface area contributed by atoms with E-state index in [4.69, 9.17) is 22.1 Å². The number of nitrogens with one attached hydrogen (secondary N) is 1. The van der Waals surface area contributed by atoms with Gasteiger partial charge in [0.2, 0.25) is 0 Å². The Morgan fingerprint density at radius 3 is 2.51 bits per heavy atom. The first-order valence-corrected chi connectivity index (χ1v) is 18.2. The Morgan fingerprint density at radius 2 is 1.92 bits per heavy atom. The average Bonchev–Trinajstić information content (AvgIpc) is 3.83. The van der Waals surface area contributed by atoms with Gasteiger partial charge in [0.25, 0.3) is 5.91 Å². The summed E-state index contributed by atoms with van der Waals surface area (Å²) in [6.45, 7) is 3.22. The third-order valence-electron chi connectivity index (χ3n) is 10.4. The largest absolute Gasteiger partial charge is 0.467 e. The Kier molecular flexibility index (Phi) is 9.72. The molecular formula is C35H35ClF6N8O2S. The SMILES string of the molecule is COc1nc(N2CCC3(CN(C(=O)/C(F)=C/c4nccs4)C3)C2)c2cc(Cl)c(-c3nc(N)cc(C)c3C(F)(F)F)c(F)c2n1.FC1CNC2(CCC2)C1. The first-order valence-electron chi connectivity index (χ1n) is 16.9. The summed E-state index contributed by atoms with van der Waals surface area (Å²) in [5.41, 5.74) is 2.55. The van der Waals surface area contributed by atoms with Gasteiger partial charge in [-0.25, -0.2) is 23.1 Å². The molecule has 3 saturated heterocycles. The number of hydrogen-bond acceptors (Lipinski definition) is 10. The molecule has 282 valence electrons. The third kappa shape index (κ3) is 7.10. The van der Waals surface area contributed by atoms with Crippen molar-refractivity contribution in [2.24, 2.45) is 5.41 Å². The maximum absolute atomic E-state index is 16.2. The lowest BCUT2D eigenvalue weighted by molar-refractivity contribution is -0.139. The van der Waals surface area contributed by atoms with Gasteiger partial charge in [0.15, 0.2) is 11.6 Å². The maximum Gasteiger partial charge on any atom is 0.418 e. The number of carbonyl (C=O) groups is 1. The average molecular weight is 781 g/mol. The molecule has 0 bridgehead atoms. The highest BCUT2D eigenvalue weighted by atomic mass is 35.5. The Balaban J connectivity index is 0.000000418. The quantitative estimate of drug-likeness (QED) is 0.161. The molecule has 0 radical (unpaired) electrons. The van der Waals surface area contributed by atoms with Crippen LogP contribution in [0.1, 0.15) is 48.2 Å². The van der Waals surface area contributed by atoms with Crippen LogP contribution >= 0.6 is 22.9 Å². The fourth-order valence-corrected chi connectivity index (χ4v) is 8.57. The number of alkyl halides is 4. The normalized spacial score (nSPS) is 20.4. The fourth-order valence-electron chi connectivity index (χ4n) is 7.73. The molecule has 53 heavy (non-hydrogen) atoms. The Labute approximate surface area is 309 Å². The molecule has 1 atom stereocenters. The minimum atomic E-state index is -4.87. The van der Waals surface area contributed by atoms with Gasteiger partial charge in [-0.2, -0.15) is 23.1 Å². The van der Waals surface area contributed by atoms with Crippen molar-refractivity contribution in [2.45, 2.75) is 56.9 Å². The minimum Gasteiger partial charge on any atom is -0.467 e. The number of thiazole rings is 1.